The summed E-state index contributed by atoms with van der Waals surface area (Å²) in [7, 11) is 1.54. The summed E-state index contributed by atoms with van der Waals surface area (Å²) >= 11 is 0.927. The molecule has 0 saturated carbocycles. The number of hydrogen-bond donors (Lipinski definition) is 1. The van der Waals surface area contributed by atoms with Crippen LogP contribution in [-0.4, -0.2) is 29.2 Å². The van der Waals surface area contributed by atoms with E-state index in [9.17, 15) is 18.4 Å². The Bertz CT molecular complexity index is 988. The summed E-state index contributed by atoms with van der Waals surface area (Å²) < 4.78 is 36.3. The highest BCUT2D eigenvalue weighted by atomic mass is 32.1. The lowest BCUT2D eigenvalue weighted by Gasteiger charge is -2.04. The first kappa shape index (κ1) is 19.4. The molecule has 0 spiro atoms. The third-order valence-corrected chi connectivity index (χ3v) is 4.33. The quantitative estimate of drug-likeness (QED) is 0.632. The average Bonchev–Trinajstić information content (AvgIpc) is 3.15. The summed E-state index contributed by atoms with van der Waals surface area (Å²) in [5.41, 5.74) is 0.279. The van der Waals surface area contributed by atoms with Crippen molar-refractivity contribution in [1.29, 1.82) is 0 Å². The maximum absolute atomic E-state index is 13.1. The second-order valence-corrected chi connectivity index (χ2v) is 6.48. The van der Waals surface area contributed by atoms with E-state index in [1.165, 1.54) is 7.11 Å². The number of nitrogens with zero attached hydrogens (tertiary/aromatic N) is 2. The standard InChI is InChI=1S/C18H13F2N3O4S/c1-26-14-4-2-13(3-5-14)21-16(24)17-23-22-15(28-17)9-27-18(25)10-6-11(19)8-12(20)7-10/h2-8H,9H2,1H3,(H,21,24). The Kier molecular flexibility index (Phi) is 5.90. The summed E-state index contributed by atoms with van der Waals surface area (Å²) in [5, 5.41) is 10.5. The van der Waals surface area contributed by atoms with Crippen LogP contribution in [0.5, 0.6) is 5.75 Å². The van der Waals surface area contributed by atoms with E-state index in [0.717, 1.165) is 23.5 Å². The molecule has 1 N–H and O–H groups in total. The number of benzene rings is 2. The molecular weight excluding hydrogens is 392 g/mol. The van der Waals surface area contributed by atoms with Gasteiger partial charge in [0.15, 0.2) is 5.01 Å². The number of amides is 1. The van der Waals surface area contributed by atoms with E-state index < -0.39 is 23.5 Å². The van der Waals surface area contributed by atoms with Crippen LogP contribution in [0.2, 0.25) is 0 Å². The zero-order chi connectivity index (χ0) is 20.1. The molecule has 0 radical (unpaired) electrons. The number of methoxy groups -OCH3 is 1. The van der Waals surface area contributed by atoms with Crippen molar-refractivity contribution in [3.8, 4) is 5.75 Å². The molecule has 0 fully saturated rings. The highest BCUT2D eigenvalue weighted by molar-refractivity contribution is 7.13. The van der Waals surface area contributed by atoms with E-state index in [1.54, 1.807) is 24.3 Å². The molecule has 28 heavy (non-hydrogen) atoms. The first-order valence-electron chi connectivity index (χ1n) is 7.85. The molecule has 1 aromatic heterocycles. The SMILES string of the molecule is COc1ccc(NC(=O)c2nnc(COC(=O)c3cc(F)cc(F)c3)s2)cc1. The molecule has 0 atom stereocenters. The van der Waals surface area contributed by atoms with Crippen LogP contribution in [0.1, 0.15) is 25.2 Å². The van der Waals surface area contributed by atoms with Gasteiger partial charge in [0.25, 0.3) is 5.91 Å². The molecule has 3 rings (SSSR count). The van der Waals surface area contributed by atoms with Crippen molar-refractivity contribution in [3.05, 3.63) is 69.7 Å². The maximum atomic E-state index is 13.1. The van der Waals surface area contributed by atoms with Crippen LogP contribution in [0, 0.1) is 11.6 Å². The van der Waals surface area contributed by atoms with Crippen LogP contribution >= 0.6 is 11.3 Å². The number of esters is 1. The minimum Gasteiger partial charge on any atom is -0.497 e. The molecule has 0 aliphatic heterocycles. The van der Waals surface area contributed by atoms with E-state index in [1.807, 2.05) is 0 Å². The third-order valence-electron chi connectivity index (χ3n) is 3.43. The fourth-order valence-electron chi connectivity index (χ4n) is 2.14. The molecule has 2 aromatic carbocycles. The van der Waals surface area contributed by atoms with Crippen LogP contribution in [-0.2, 0) is 11.3 Å². The zero-order valence-corrected chi connectivity index (χ0v) is 15.3. The lowest BCUT2D eigenvalue weighted by Crippen LogP contribution is -2.11. The Morgan fingerprint density at radius 2 is 1.75 bits per heavy atom. The molecule has 0 aliphatic rings. The average molecular weight is 405 g/mol. The van der Waals surface area contributed by atoms with Gasteiger partial charge in [-0.05, 0) is 36.4 Å². The second kappa shape index (κ2) is 8.53. The van der Waals surface area contributed by atoms with Crippen molar-refractivity contribution < 1.29 is 27.8 Å². The van der Waals surface area contributed by atoms with Crippen LogP contribution < -0.4 is 10.1 Å². The molecule has 7 nitrogen and oxygen atoms in total. The largest absolute Gasteiger partial charge is 0.497 e. The maximum Gasteiger partial charge on any atom is 0.338 e. The van der Waals surface area contributed by atoms with Gasteiger partial charge in [0, 0.05) is 11.8 Å². The van der Waals surface area contributed by atoms with E-state index in [-0.39, 0.29) is 22.2 Å². The van der Waals surface area contributed by atoms with Crippen LogP contribution in [0.3, 0.4) is 0 Å². The van der Waals surface area contributed by atoms with Gasteiger partial charge < -0.3 is 14.8 Å². The summed E-state index contributed by atoms with van der Waals surface area (Å²) in [6.45, 7) is -0.287. The summed E-state index contributed by atoms with van der Waals surface area (Å²) in [6.07, 6.45) is 0. The topological polar surface area (TPSA) is 90.4 Å². The van der Waals surface area contributed by atoms with E-state index in [0.29, 0.717) is 17.5 Å². The van der Waals surface area contributed by atoms with E-state index >= 15 is 0 Å². The van der Waals surface area contributed by atoms with Gasteiger partial charge >= 0.3 is 5.97 Å². The molecule has 0 aliphatic carbocycles. The van der Waals surface area contributed by atoms with Crippen molar-refractivity contribution in [1.82, 2.24) is 10.2 Å². The predicted molar refractivity (Wildman–Crippen MR) is 96.3 cm³/mol. The highest BCUT2D eigenvalue weighted by Gasteiger charge is 2.16. The Labute approximate surface area is 161 Å². The Morgan fingerprint density at radius 1 is 1.07 bits per heavy atom. The number of aromatic nitrogens is 2. The summed E-state index contributed by atoms with van der Waals surface area (Å²) in [6, 6.07) is 9.08. The number of nitrogens with one attached hydrogen (secondary N) is 1. The zero-order valence-electron chi connectivity index (χ0n) is 14.4. The Balaban J connectivity index is 1.58. The van der Waals surface area contributed by atoms with Gasteiger partial charge in [-0.1, -0.05) is 11.3 Å². The fourth-order valence-corrected chi connectivity index (χ4v) is 2.79. The number of carbonyl (C=O) groups is 2. The van der Waals surface area contributed by atoms with Gasteiger partial charge in [0.2, 0.25) is 5.01 Å². The molecule has 0 unspecified atom stereocenters. The van der Waals surface area contributed by atoms with Crippen molar-refractivity contribution in [2.45, 2.75) is 6.61 Å². The van der Waals surface area contributed by atoms with Gasteiger partial charge in [-0.3, -0.25) is 4.79 Å². The lowest BCUT2D eigenvalue weighted by atomic mass is 10.2. The third kappa shape index (κ3) is 4.86. The molecular formula is C18H13F2N3O4S. The van der Waals surface area contributed by atoms with Gasteiger partial charge in [-0.2, -0.15) is 0 Å². The van der Waals surface area contributed by atoms with Gasteiger partial charge in [-0.25, -0.2) is 13.6 Å². The number of ether oxygens (including phenoxy) is 2. The Morgan fingerprint density at radius 3 is 2.39 bits per heavy atom. The van der Waals surface area contributed by atoms with Crippen molar-refractivity contribution in [2.75, 3.05) is 12.4 Å². The van der Waals surface area contributed by atoms with E-state index in [2.05, 4.69) is 15.5 Å². The minimum absolute atomic E-state index is 0.0682. The molecule has 1 amide bonds. The monoisotopic (exact) mass is 405 g/mol. The van der Waals surface area contributed by atoms with Gasteiger partial charge in [0.1, 0.15) is 24.0 Å². The predicted octanol–water partition coefficient (Wildman–Crippen LogP) is 3.43. The molecule has 144 valence electrons. The number of carbonyl (C=O) groups excluding carboxylic acids is 2. The second-order valence-electron chi connectivity index (χ2n) is 5.42. The van der Waals surface area contributed by atoms with E-state index in [4.69, 9.17) is 9.47 Å². The lowest BCUT2D eigenvalue weighted by molar-refractivity contribution is 0.0470. The molecule has 0 bridgehead atoms. The van der Waals surface area contributed by atoms with Crippen molar-refractivity contribution >= 4 is 28.9 Å². The number of anilines is 1. The number of rotatable bonds is 6. The number of hydrogen-bond acceptors (Lipinski definition) is 7. The van der Waals surface area contributed by atoms with Crippen LogP contribution in [0.4, 0.5) is 14.5 Å². The fraction of sp³-hybridized carbons (Fsp3) is 0.111. The smallest absolute Gasteiger partial charge is 0.338 e. The van der Waals surface area contributed by atoms with Gasteiger partial charge in [0.05, 0.1) is 12.7 Å². The van der Waals surface area contributed by atoms with Crippen LogP contribution in [0.15, 0.2) is 42.5 Å². The minimum atomic E-state index is -0.919. The molecule has 3 aromatic rings. The molecule has 1 heterocycles. The number of halogens is 2. The first-order valence-corrected chi connectivity index (χ1v) is 8.67. The van der Waals surface area contributed by atoms with Crippen molar-refractivity contribution in [3.63, 3.8) is 0 Å². The van der Waals surface area contributed by atoms with Gasteiger partial charge in [-0.15, -0.1) is 10.2 Å². The summed E-state index contributed by atoms with van der Waals surface area (Å²) in [5.74, 6) is -2.53. The highest BCUT2D eigenvalue weighted by Crippen LogP contribution is 2.18. The Hall–Kier alpha value is -3.40. The molecule has 10 heteroatoms. The van der Waals surface area contributed by atoms with Crippen LogP contribution in [0.25, 0.3) is 0 Å². The molecule has 0 saturated heterocycles. The van der Waals surface area contributed by atoms with Crippen molar-refractivity contribution in [2.24, 2.45) is 0 Å². The normalized spacial score (nSPS) is 10.4. The summed E-state index contributed by atoms with van der Waals surface area (Å²) in [4.78, 5) is 24.1. The first-order chi connectivity index (χ1) is 13.4.